The molecule has 0 spiro atoms. The molecule has 0 aliphatic heterocycles. The van der Waals surface area contributed by atoms with Gasteiger partial charge in [-0.15, -0.1) is 11.3 Å². The van der Waals surface area contributed by atoms with E-state index in [1.54, 1.807) is 30.5 Å². The number of benzene rings is 1. The van der Waals surface area contributed by atoms with Crippen molar-refractivity contribution < 1.29 is 12.9 Å². The lowest BCUT2D eigenvalue weighted by Crippen LogP contribution is -2.14. The van der Waals surface area contributed by atoms with E-state index in [1.165, 1.54) is 23.3 Å². The van der Waals surface area contributed by atoms with Crippen LogP contribution in [0, 0.1) is 6.92 Å². The second-order valence-corrected chi connectivity index (χ2v) is 8.65. The molecule has 130 valence electrons. The average Bonchev–Trinajstić information content (AvgIpc) is 3.22. The van der Waals surface area contributed by atoms with E-state index in [0.29, 0.717) is 22.3 Å². The fraction of sp³-hybridized carbons (Fsp3) is 0.294. The van der Waals surface area contributed by atoms with Crippen LogP contribution in [0.5, 0.6) is 0 Å². The largest absolute Gasteiger partial charge is 0.333 e. The third-order valence-corrected chi connectivity index (χ3v) is 6.53. The first-order chi connectivity index (χ1) is 12.0. The van der Waals surface area contributed by atoms with E-state index in [-0.39, 0.29) is 4.90 Å². The Morgan fingerprint density at radius 3 is 2.72 bits per heavy atom. The summed E-state index contributed by atoms with van der Waals surface area (Å²) >= 11 is 1.35. The summed E-state index contributed by atoms with van der Waals surface area (Å²) < 4.78 is 33.4. The van der Waals surface area contributed by atoms with Gasteiger partial charge in [0.25, 0.3) is 15.9 Å². The number of anilines is 1. The van der Waals surface area contributed by atoms with Crippen molar-refractivity contribution in [3.05, 3.63) is 46.6 Å². The molecule has 0 unspecified atom stereocenters. The Kier molecular flexibility index (Phi) is 4.09. The Morgan fingerprint density at radius 2 is 1.96 bits per heavy atom. The molecule has 0 saturated heterocycles. The third kappa shape index (κ3) is 3.19. The van der Waals surface area contributed by atoms with Crippen molar-refractivity contribution in [2.45, 2.75) is 37.5 Å². The Hall–Kier alpha value is -2.19. The van der Waals surface area contributed by atoms with Gasteiger partial charge in [0.05, 0.1) is 10.6 Å². The lowest BCUT2D eigenvalue weighted by Gasteiger charge is -2.17. The van der Waals surface area contributed by atoms with E-state index in [0.717, 1.165) is 24.8 Å². The molecule has 0 radical (unpaired) electrons. The van der Waals surface area contributed by atoms with Crippen molar-refractivity contribution in [1.82, 2.24) is 10.1 Å². The molecule has 0 atom stereocenters. The second-order valence-electron chi connectivity index (χ2n) is 6.05. The van der Waals surface area contributed by atoms with E-state index in [2.05, 4.69) is 14.9 Å². The number of nitrogens with one attached hydrogen (secondary N) is 1. The molecule has 4 rings (SSSR count). The lowest BCUT2D eigenvalue weighted by atomic mass is 9.92. The fourth-order valence-corrected chi connectivity index (χ4v) is 4.98. The van der Waals surface area contributed by atoms with E-state index < -0.39 is 10.0 Å². The van der Waals surface area contributed by atoms with Gasteiger partial charge in [-0.2, -0.15) is 4.98 Å². The summed E-state index contributed by atoms with van der Waals surface area (Å²) in [5.41, 5.74) is 2.83. The lowest BCUT2D eigenvalue weighted by molar-refractivity contribution is 0.426. The number of nitrogens with zero attached hydrogens (tertiary/aromatic N) is 2. The van der Waals surface area contributed by atoms with Crippen molar-refractivity contribution in [1.29, 1.82) is 0 Å². The minimum atomic E-state index is -3.67. The Morgan fingerprint density at radius 1 is 1.16 bits per heavy atom. The maximum atomic E-state index is 12.8. The molecule has 0 bridgehead atoms. The molecule has 25 heavy (non-hydrogen) atoms. The van der Waals surface area contributed by atoms with Crippen molar-refractivity contribution in [2.75, 3.05) is 4.72 Å². The first-order valence-electron chi connectivity index (χ1n) is 8.06. The molecule has 0 saturated carbocycles. The van der Waals surface area contributed by atoms with Gasteiger partial charge in [-0.05, 0) is 67.3 Å². The number of rotatable bonds is 4. The third-order valence-electron chi connectivity index (χ3n) is 4.26. The Labute approximate surface area is 150 Å². The fourth-order valence-electron chi connectivity index (χ4n) is 3.03. The maximum absolute atomic E-state index is 12.8. The molecule has 1 aliphatic rings. The highest BCUT2D eigenvalue weighted by atomic mass is 32.2. The predicted octanol–water partition coefficient (Wildman–Crippen LogP) is 3.79. The molecule has 2 heterocycles. The molecular formula is C17H17N3O3S2. The van der Waals surface area contributed by atoms with Gasteiger partial charge < -0.3 is 4.52 Å². The van der Waals surface area contributed by atoms with Gasteiger partial charge in [-0.1, -0.05) is 11.2 Å². The molecule has 0 amide bonds. The molecule has 8 heteroatoms. The summed E-state index contributed by atoms with van der Waals surface area (Å²) in [7, 11) is -3.67. The minimum Gasteiger partial charge on any atom is -0.333 e. The van der Waals surface area contributed by atoms with E-state index in [4.69, 9.17) is 4.52 Å². The molecule has 2 aromatic heterocycles. The van der Waals surface area contributed by atoms with Gasteiger partial charge in [0.2, 0.25) is 0 Å². The number of sulfonamides is 1. The van der Waals surface area contributed by atoms with Gasteiger partial charge in [-0.3, -0.25) is 4.72 Å². The van der Waals surface area contributed by atoms with Crippen LogP contribution in [0.15, 0.2) is 39.1 Å². The van der Waals surface area contributed by atoms with Crippen molar-refractivity contribution in [2.24, 2.45) is 0 Å². The van der Waals surface area contributed by atoms with E-state index in [9.17, 15) is 8.42 Å². The smallest absolute Gasteiger partial charge is 0.270 e. The Bertz CT molecular complexity index is 1020. The average molecular weight is 375 g/mol. The van der Waals surface area contributed by atoms with Crippen molar-refractivity contribution in [3.8, 4) is 10.8 Å². The van der Waals surface area contributed by atoms with E-state index >= 15 is 0 Å². The number of thiophene rings is 1. The van der Waals surface area contributed by atoms with Crippen LogP contribution in [0.2, 0.25) is 0 Å². The van der Waals surface area contributed by atoms with Crippen molar-refractivity contribution >= 4 is 27.0 Å². The van der Waals surface area contributed by atoms with Crippen LogP contribution in [-0.2, 0) is 22.9 Å². The van der Waals surface area contributed by atoms with E-state index in [1.807, 2.05) is 6.07 Å². The number of aromatic nitrogens is 2. The normalized spacial score (nSPS) is 14.3. The molecule has 1 aliphatic carbocycles. The standard InChI is InChI=1S/C17H17N3O3S2/c1-11-18-17(23-19-11)16-15(8-9-24-16)20-25(21,22)14-7-6-12-4-2-3-5-13(12)10-14/h6-10,20H,2-5H2,1H3. The van der Waals surface area contributed by atoms with Crippen LogP contribution >= 0.6 is 11.3 Å². The summed E-state index contributed by atoms with van der Waals surface area (Å²) in [5, 5.41) is 5.55. The van der Waals surface area contributed by atoms with Gasteiger partial charge >= 0.3 is 0 Å². The zero-order valence-electron chi connectivity index (χ0n) is 13.7. The highest BCUT2D eigenvalue weighted by Gasteiger charge is 2.21. The van der Waals surface area contributed by atoms with Gasteiger partial charge in [-0.25, -0.2) is 8.42 Å². The van der Waals surface area contributed by atoms with Gasteiger partial charge in [0.15, 0.2) is 5.82 Å². The van der Waals surface area contributed by atoms with Crippen LogP contribution in [0.4, 0.5) is 5.69 Å². The minimum absolute atomic E-state index is 0.284. The summed E-state index contributed by atoms with van der Waals surface area (Å²) in [6.07, 6.45) is 4.23. The van der Waals surface area contributed by atoms with Crippen LogP contribution in [-0.4, -0.2) is 18.6 Å². The highest BCUT2D eigenvalue weighted by molar-refractivity contribution is 7.92. The molecule has 6 nitrogen and oxygen atoms in total. The zero-order chi connectivity index (χ0) is 17.4. The Balaban J connectivity index is 1.66. The first-order valence-corrected chi connectivity index (χ1v) is 10.4. The van der Waals surface area contributed by atoms with Crippen molar-refractivity contribution in [3.63, 3.8) is 0 Å². The summed E-state index contributed by atoms with van der Waals surface area (Å²) in [5.74, 6) is 0.822. The zero-order valence-corrected chi connectivity index (χ0v) is 15.3. The number of hydrogen-bond acceptors (Lipinski definition) is 6. The quantitative estimate of drug-likeness (QED) is 0.750. The monoisotopic (exact) mass is 375 g/mol. The summed E-state index contributed by atoms with van der Waals surface area (Å²) in [4.78, 5) is 5.07. The first kappa shape index (κ1) is 16.3. The molecule has 1 N–H and O–H groups in total. The van der Waals surface area contributed by atoms with Crippen LogP contribution < -0.4 is 4.72 Å². The summed E-state index contributed by atoms with van der Waals surface area (Å²) in [6.45, 7) is 1.72. The summed E-state index contributed by atoms with van der Waals surface area (Å²) in [6, 6.07) is 7.10. The number of fused-ring (bicyclic) bond motifs is 1. The topological polar surface area (TPSA) is 85.1 Å². The van der Waals surface area contributed by atoms with Crippen LogP contribution in [0.25, 0.3) is 10.8 Å². The SMILES string of the molecule is Cc1noc(-c2sccc2NS(=O)(=O)c2ccc3c(c2)CCCC3)n1. The second kappa shape index (κ2) is 6.27. The molecule has 0 fully saturated rings. The van der Waals surface area contributed by atoms with Gasteiger partial charge in [0.1, 0.15) is 4.88 Å². The molecular weight excluding hydrogens is 358 g/mol. The molecule has 3 aromatic rings. The van der Waals surface area contributed by atoms with Gasteiger partial charge in [0, 0.05) is 0 Å². The van der Waals surface area contributed by atoms with Crippen LogP contribution in [0.1, 0.15) is 29.8 Å². The van der Waals surface area contributed by atoms with Crippen LogP contribution in [0.3, 0.4) is 0 Å². The molecule has 1 aromatic carbocycles. The highest BCUT2D eigenvalue weighted by Crippen LogP contribution is 2.34. The predicted molar refractivity (Wildman–Crippen MR) is 96.2 cm³/mol. The number of aryl methyl sites for hydroxylation is 3. The number of hydrogen-bond donors (Lipinski definition) is 1. The maximum Gasteiger partial charge on any atom is 0.270 e.